The van der Waals surface area contributed by atoms with Gasteiger partial charge in [0.1, 0.15) is 0 Å². The third kappa shape index (κ3) is 2.27. The molecule has 1 fully saturated rings. The van der Waals surface area contributed by atoms with Gasteiger partial charge in [0.15, 0.2) is 0 Å². The smallest absolute Gasteiger partial charge is 0.215 e. The monoisotopic (exact) mass is 220 g/mol. The van der Waals surface area contributed by atoms with Gasteiger partial charge in [0, 0.05) is 18.6 Å². The second-order valence-electron chi connectivity index (χ2n) is 3.92. The topological polar surface area (TPSA) is 63.4 Å². The maximum atomic E-state index is 11.9. The minimum absolute atomic E-state index is 0.0772. The van der Waals surface area contributed by atoms with Gasteiger partial charge < -0.3 is 5.73 Å². The summed E-state index contributed by atoms with van der Waals surface area (Å²) < 4.78 is 25.4. The van der Waals surface area contributed by atoms with Crippen LogP contribution >= 0.6 is 0 Å². The maximum absolute atomic E-state index is 11.9. The molecule has 0 aromatic heterocycles. The highest BCUT2D eigenvalue weighted by Crippen LogP contribution is 2.28. The molecule has 1 aliphatic heterocycles. The standard InChI is InChI=1S/C9H20N2O2S/c1-3-9-5-4-8(2)11(9)14(12,13)7-6-10/h8-9H,3-7,10H2,1-2H3. The van der Waals surface area contributed by atoms with Crippen molar-refractivity contribution in [1.29, 1.82) is 0 Å². The fourth-order valence-electron chi connectivity index (χ4n) is 2.19. The van der Waals surface area contributed by atoms with Gasteiger partial charge in [0.2, 0.25) is 10.0 Å². The molecule has 0 amide bonds. The van der Waals surface area contributed by atoms with Crippen molar-refractivity contribution >= 4 is 10.0 Å². The number of hydrogen-bond acceptors (Lipinski definition) is 3. The zero-order valence-electron chi connectivity index (χ0n) is 8.94. The van der Waals surface area contributed by atoms with Crippen LogP contribution in [0, 0.1) is 0 Å². The number of sulfonamides is 1. The average molecular weight is 220 g/mol. The molecule has 2 unspecified atom stereocenters. The van der Waals surface area contributed by atoms with Gasteiger partial charge in [-0.25, -0.2) is 8.42 Å². The Kier molecular flexibility index (Phi) is 3.92. The molecular formula is C9H20N2O2S. The molecule has 1 saturated heterocycles. The molecule has 0 bridgehead atoms. The van der Waals surface area contributed by atoms with E-state index >= 15 is 0 Å². The van der Waals surface area contributed by atoms with Gasteiger partial charge in [-0.1, -0.05) is 6.92 Å². The predicted octanol–water partition coefficient (Wildman–Crippen LogP) is 0.538. The molecule has 1 rings (SSSR count). The second-order valence-corrected chi connectivity index (χ2v) is 5.92. The van der Waals surface area contributed by atoms with Crippen LogP contribution in [-0.4, -0.2) is 37.1 Å². The van der Waals surface area contributed by atoms with Crippen LogP contribution in [0.25, 0.3) is 0 Å². The number of nitrogens with two attached hydrogens (primary N) is 1. The van der Waals surface area contributed by atoms with Crippen molar-refractivity contribution in [2.75, 3.05) is 12.3 Å². The van der Waals surface area contributed by atoms with E-state index in [1.165, 1.54) is 0 Å². The van der Waals surface area contributed by atoms with E-state index in [0.29, 0.717) is 0 Å². The zero-order valence-corrected chi connectivity index (χ0v) is 9.76. The molecule has 2 atom stereocenters. The minimum atomic E-state index is -3.11. The van der Waals surface area contributed by atoms with Crippen LogP contribution in [0.1, 0.15) is 33.1 Å². The Bertz CT molecular complexity index is 277. The summed E-state index contributed by atoms with van der Waals surface area (Å²) in [6.07, 6.45) is 2.86. The number of rotatable bonds is 4. The largest absolute Gasteiger partial charge is 0.329 e. The van der Waals surface area contributed by atoms with Crippen LogP contribution in [-0.2, 0) is 10.0 Å². The SMILES string of the molecule is CCC1CCC(C)N1S(=O)(=O)CCN. The lowest BCUT2D eigenvalue weighted by Gasteiger charge is -2.26. The van der Waals surface area contributed by atoms with E-state index in [4.69, 9.17) is 5.73 Å². The molecule has 84 valence electrons. The Labute approximate surface area is 86.5 Å². The van der Waals surface area contributed by atoms with Crippen LogP contribution in [0.5, 0.6) is 0 Å². The number of nitrogens with zero attached hydrogens (tertiary/aromatic N) is 1. The Morgan fingerprint density at radius 2 is 2.07 bits per heavy atom. The van der Waals surface area contributed by atoms with Gasteiger partial charge >= 0.3 is 0 Å². The highest BCUT2D eigenvalue weighted by atomic mass is 32.2. The fourth-order valence-corrected chi connectivity index (χ4v) is 4.06. The molecule has 1 heterocycles. The average Bonchev–Trinajstić information content (AvgIpc) is 2.47. The van der Waals surface area contributed by atoms with Crippen molar-refractivity contribution in [3.05, 3.63) is 0 Å². The predicted molar refractivity (Wildman–Crippen MR) is 57.5 cm³/mol. The summed E-state index contributed by atoms with van der Waals surface area (Å²) in [5.74, 6) is 0.0772. The van der Waals surface area contributed by atoms with Crippen molar-refractivity contribution in [3.63, 3.8) is 0 Å². The van der Waals surface area contributed by atoms with Crippen molar-refractivity contribution in [1.82, 2.24) is 4.31 Å². The molecule has 0 aromatic rings. The summed E-state index contributed by atoms with van der Waals surface area (Å²) in [5.41, 5.74) is 5.31. The lowest BCUT2D eigenvalue weighted by Crippen LogP contribution is -2.42. The fraction of sp³-hybridized carbons (Fsp3) is 1.00. The van der Waals surface area contributed by atoms with Crippen LogP contribution in [0.4, 0.5) is 0 Å². The Hall–Kier alpha value is -0.130. The number of hydrogen-bond donors (Lipinski definition) is 1. The Balaban J connectivity index is 2.83. The van der Waals surface area contributed by atoms with Crippen molar-refractivity contribution in [3.8, 4) is 0 Å². The van der Waals surface area contributed by atoms with Crippen molar-refractivity contribution in [2.45, 2.75) is 45.2 Å². The zero-order chi connectivity index (χ0) is 10.8. The van der Waals surface area contributed by atoms with Crippen molar-refractivity contribution < 1.29 is 8.42 Å². The van der Waals surface area contributed by atoms with Gasteiger partial charge in [0.25, 0.3) is 0 Å². The molecule has 0 aromatic carbocycles. The van der Waals surface area contributed by atoms with E-state index in [9.17, 15) is 8.42 Å². The summed E-state index contributed by atoms with van der Waals surface area (Å²) in [7, 11) is -3.11. The molecule has 0 spiro atoms. The minimum Gasteiger partial charge on any atom is -0.329 e. The van der Waals surface area contributed by atoms with Crippen molar-refractivity contribution in [2.24, 2.45) is 5.73 Å². The summed E-state index contributed by atoms with van der Waals surface area (Å²) >= 11 is 0. The normalized spacial score (nSPS) is 29.6. The summed E-state index contributed by atoms with van der Waals surface area (Å²) in [6.45, 7) is 4.22. The third-order valence-electron chi connectivity index (χ3n) is 2.88. The molecule has 0 radical (unpaired) electrons. The molecule has 4 nitrogen and oxygen atoms in total. The third-order valence-corrected chi connectivity index (χ3v) is 4.93. The molecule has 0 saturated carbocycles. The van der Waals surface area contributed by atoms with Crippen LogP contribution in [0.3, 0.4) is 0 Å². The molecule has 14 heavy (non-hydrogen) atoms. The maximum Gasteiger partial charge on any atom is 0.215 e. The summed E-state index contributed by atoms with van der Waals surface area (Å²) in [6, 6.07) is 0.345. The van der Waals surface area contributed by atoms with Gasteiger partial charge in [-0.05, 0) is 26.2 Å². The Morgan fingerprint density at radius 1 is 1.43 bits per heavy atom. The summed E-state index contributed by atoms with van der Waals surface area (Å²) in [5, 5.41) is 0. The van der Waals surface area contributed by atoms with E-state index in [1.54, 1.807) is 4.31 Å². The molecule has 0 aliphatic carbocycles. The molecule has 2 N–H and O–H groups in total. The van der Waals surface area contributed by atoms with E-state index in [0.717, 1.165) is 19.3 Å². The first-order valence-corrected chi connectivity index (χ1v) is 6.85. The highest BCUT2D eigenvalue weighted by Gasteiger charge is 2.37. The van der Waals surface area contributed by atoms with E-state index in [2.05, 4.69) is 0 Å². The Morgan fingerprint density at radius 3 is 2.57 bits per heavy atom. The summed E-state index contributed by atoms with van der Waals surface area (Å²) in [4.78, 5) is 0. The lowest BCUT2D eigenvalue weighted by molar-refractivity contribution is 0.329. The van der Waals surface area contributed by atoms with Gasteiger partial charge in [0.05, 0.1) is 5.75 Å². The second kappa shape index (κ2) is 4.59. The van der Waals surface area contributed by atoms with E-state index in [1.807, 2.05) is 13.8 Å². The quantitative estimate of drug-likeness (QED) is 0.752. The highest BCUT2D eigenvalue weighted by molar-refractivity contribution is 7.89. The first kappa shape index (κ1) is 11.9. The molecular weight excluding hydrogens is 200 g/mol. The van der Waals surface area contributed by atoms with Crippen LogP contribution < -0.4 is 5.73 Å². The first-order chi connectivity index (χ1) is 6.53. The lowest BCUT2D eigenvalue weighted by atomic mass is 10.2. The van der Waals surface area contributed by atoms with Crippen LogP contribution in [0.2, 0.25) is 0 Å². The first-order valence-electron chi connectivity index (χ1n) is 5.24. The molecule has 5 heteroatoms. The van der Waals surface area contributed by atoms with Crippen LogP contribution in [0.15, 0.2) is 0 Å². The van der Waals surface area contributed by atoms with Gasteiger partial charge in [-0.15, -0.1) is 0 Å². The van der Waals surface area contributed by atoms with Gasteiger partial charge in [-0.2, -0.15) is 4.31 Å². The van der Waals surface area contributed by atoms with E-state index in [-0.39, 0.29) is 24.4 Å². The van der Waals surface area contributed by atoms with Gasteiger partial charge in [-0.3, -0.25) is 0 Å². The van der Waals surface area contributed by atoms with E-state index < -0.39 is 10.0 Å². The molecule has 1 aliphatic rings.